The summed E-state index contributed by atoms with van der Waals surface area (Å²) in [6.07, 6.45) is 0. The summed E-state index contributed by atoms with van der Waals surface area (Å²) in [5, 5.41) is 16.9. The molecule has 0 aliphatic rings. The first-order chi connectivity index (χ1) is 15.0. The van der Waals surface area contributed by atoms with Crippen LogP contribution in [-0.2, 0) is 10.0 Å². The van der Waals surface area contributed by atoms with E-state index in [1.165, 1.54) is 24.3 Å². The molecule has 10 heteroatoms. The lowest BCUT2D eigenvalue weighted by Crippen LogP contribution is -2.19. The summed E-state index contributed by atoms with van der Waals surface area (Å²) in [5.41, 5.74) is 4.30. The Labute approximate surface area is 191 Å². The average Bonchev–Trinajstić information content (AvgIpc) is 2.71. The summed E-state index contributed by atoms with van der Waals surface area (Å²) >= 11 is 5.24. The third-order valence-electron chi connectivity index (χ3n) is 4.65. The lowest BCUT2D eigenvalue weighted by molar-refractivity contribution is -0.384. The van der Waals surface area contributed by atoms with E-state index < -0.39 is 14.9 Å². The molecule has 3 aromatic rings. The van der Waals surface area contributed by atoms with Gasteiger partial charge < -0.3 is 10.6 Å². The van der Waals surface area contributed by atoms with Gasteiger partial charge in [0.2, 0.25) is 0 Å². The number of anilines is 3. The first-order valence-corrected chi connectivity index (χ1v) is 11.5. The third kappa shape index (κ3) is 5.59. The molecule has 0 heterocycles. The van der Waals surface area contributed by atoms with E-state index in [2.05, 4.69) is 15.4 Å². The number of non-ortho nitro benzene ring substituents is 1. The van der Waals surface area contributed by atoms with E-state index in [0.29, 0.717) is 17.1 Å². The Morgan fingerprint density at radius 2 is 1.50 bits per heavy atom. The van der Waals surface area contributed by atoms with Gasteiger partial charge >= 0.3 is 0 Å². The summed E-state index contributed by atoms with van der Waals surface area (Å²) in [5.74, 6) is 0. The smallest absolute Gasteiger partial charge is 0.271 e. The van der Waals surface area contributed by atoms with E-state index in [1.807, 2.05) is 32.9 Å². The Kier molecular flexibility index (Phi) is 6.75. The lowest BCUT2D eigenvalue weighted by atomic mass is 10.1. The van der Waals surface area contributed by atoms with Gasteiger partial charge in [0.1, 0.15) is 0 Å². The van der Waals surface area contributed by atoms with E-state index in [0.717, 1.165) is 16.7 Å². The highest BCUT2D eigenvalue weighted by atomic mass is 32.2. The number of sulfonamides is 1. The highest BCUT2D eigenvalue weighted by Gasteiger charge is 2.17. The molecule has 0 unspecified atom stereocenters. The second-order valence-electron chi connectivity index (χ2n) is 7.29. The van der Waals surface area contributed by atoms with Gasteiger partial charge in [-0.15, -0.1) is 0 Å². The minimum absolute atomic E-state index is 0.0566. The van der Waals surface area contributed by atoms with Crippen molar-refractivity contribution < 1.29 is 13.3 Å². The lowest BCUT2D eigenvalue weighted by Gasteiger charge is -2.15. The molecule has 3 aromatic carbocycles. The topological polar surface area (TPSA) is 113 Å². The number of benzene rings is 3. The molecule has 0 aliphatic heterocycles. The van der Waals surface area contributed by atoms with Crippen molar-refractivity contribution in [2.45, 2.75) is 25.7 Å². The van der Waals surface area contributed by atoms with Crippen molar-refractivity contribution in [2.75, 3.05) is 15.4 Å². The number of nitrogens with zero attached hydrogens (tertiary/aromatic N) is 1. The van der Waals surface area contributed by atoms with Crippen LogP contribution in [-0.4, -0.2) is 18.5 Å². The molecule has 0 aliphatic carbocycles. The SMILES string of the molecule is Cc1cc(C)c(NS(=O)(=O)c2ccc(NC(=S)Nc3cccc([N+](=O)[O-])c3)cc2)c(C)c1. The molecular formula is C22H22N4O4S2. The summed E-state index contributed by atoms with van der Waals surface area (Å²) in [6.45, 7) is 5.68. The van der Waals surface area contributed by atoms with Crippen LogP contribution in [0.1, 0.15) is 16.7 Å². The van der Waals surface area contributed by atoms with Crippen LogP contribution < -0.4 is 15.4 Å². The van der Waals surface area contributed by atoms with E-state index >= 15 is 0 Å². The second kappa shape index (κ2) is 9.33. The molecular weight excluding hydrogens is 448 g/mol. The average molecular weight is 471 g/mol. The molecule has 0 saturated heterocycles. The zero-order valence-electron chi connectivity index (χ0n) is 17.7. The van der Waals surface area contributed by atoms with Crippen LogP contribution in [0.4, 0.5) is 22.7 Å². The second-order valence-corrected chi connectivity index (χ2v) is 9.38. The summed E-state index contributed by atoms with van der Waals surface area (Å²) in [7, 11) is -3.77. The molecule has 0 radical (unpaired) electrons. The Morgan fingerprint density at radius 1 is 0.906 bits per heavy atom. The number of rotatable bonds is 6. The molecule has 3 N–H and O–H groups in total. The van der Waals surface area contributed by atoms with Crippen molar-refractivity contribution >= 4 is 50.1 Å². The molecule has 0 spiro atoms. The van der Waals surface area contributed by atoms with Crippen molar-refractivity contribution in [3.8, 4) is 0 Å². The number of aryl methyl sites for hydroxylation is 3. The molecule has 0 fully saturated rings. The Hall–Kier alpha value is -3.50. The maximum absolute atomic E-state index is 12.8. The van der Waals surface area contributed by atoms with Gasteiger partial charge in [0.05, 0.1) is 15.5 Å². The molecule has 0 saturated carbocycles. The van der Waals surface area contributed by atoms with Crippen molar-refractivity contribution in [2.24, 2.45) is 0 Å². The van der Waals surface area contributed by atoms with Crippen molar-refractivity contribution in [3.05, 3.63) is 87.5 Å². The molecule has 8 nitrogen and oxygen atoms in total. The molecule has 0 atom stereocenters. The number of nitrogens with one attached hydrogen (secondary N) is 3. The van der Waals surface area contributed by atoms with E-state index in [9.17, 15) is 18.5 Å². The van der Waals surface area contributed by atoms with E-state index in [1.54, 1.807) is 24.3 Å². The predicted octanol–water partition coefficient (Wildman–Crippen LogP) is 5.13. The standard InChI is InChI=1S/C22H22N4O4S2/c1-14-11-15(2)21(16(3)12-14)25-32(29,30)20-9-7-17(8-10-20)23-22(31)24-18-5-4-6-19(13-18)26(27)28/h4-13,25H,1-3H3,(H2,23,24,31). The fraction of sp³-hybridized carbons (Fsp3) is 0.136. The van der Waals surface area contributed by atoms with Gasteiger partial charge in [-0.25, -0.2) is 8.42 Å². The number of hydrogen-bond acceptors (Lipinski definition) is 5. The minimum atomic E-state index is -3.77. The maximum atomic E-state index is 12.8. The normalized spacial score (nSPS) is 11.0. The zero-order valence-corrected chi connectivity index (χ0v) is 19.3. The maximum Gasteiger partial charge on any atom is 0.271 e. The van der Waals surface area contributed by atoms with Crippen LogP contribution in [0.25, 0.3) is 0 Å². The van der Waals surface area contributed by atoms with Crippen molar-refractivity contribution in [3.63, 3.8) is 0 Å². The number of hydrogen-bond donors (Lipinski definition) is 3. The van der Waals surface area contributed by atoms with E-state index in [-0.39, 0.29) is 15.7 Å². The predicted molar refractivity (Wildman–Crippen MR) is 131 cm³/mol. The summed E-state index contributed by atoms with van der Waals surface area (Å²) < 4.78 is 28.3. The quantitative estimate of drug-likeness (QED) is 0.260. The highest BCUT2D eigenvalue weighted by Crippen LogP contribution is 2.26. The summed E-state index contributed by atoms with van der Waals surface area (Å²) in [6, 6.07) is 15.9. The van der Waals surface area contributed by atoms with Crippen LogP contribution >= 0.6 is 12.2 Å². The van der Waals surface area contributed by atoms with Gasteiger partial charge in [-0.05, 0) is 74.4 Å². The van der Waals surface area contributed by atoms with Gasteiger partial charge in [-0.1, -0.05) is 23.8 Å². The molecule has 0 bridgehead atoms. The first kappa shape index (κ1) is 23.2. The Bertz CT molecular complexity index is 1270. The minimum Gasteiger partial charge on any atom is -0.332 e. The third-order valence-corrected chi connectivity index (χ3v) is 6.22. The fourth-order valence-electron chi connectivity index (χ4n) is 3.24. The largest absolute Gasteiger partial charge is 0.332 e. The monoisotopic (exact) mass is 470 g/mol. The Morgan fingerprint density at radius 3 is 2.09 bits per heavy atom. The van der Waals surface area contributed by atoms with Crippen LogP contribution in [0, 0.1) is 30.9 Å². The van der Waals surface area contributed by atoms with Gasteiger partial charge in [0.15, 0.2) is 5.11 Å². The molecule has 3 rings (SSSR count). The van der Waals surface area contributed by atoms with Crippen LogP contribution in [0.15, 0.2) is 65.6 Å². The molecule has 32 heavy (non-hydrogen) atoms. The molecule has 166 valence electrons. The molecule has 0 aromatic heterocycles. The Balaban J connectivity index is 1.70. The zero-order chi connectivity index (χ0) is 23.5. The number of thiocarbonyl (C=S) groups is 1. The highest BCUT2D eigenvalue weighted by molar-refractivity contribution is 7.92. The fourth-order valence-corrected chi connectivity index (χ4v) is 4.68. The van der Waals surface area contributed by atoms with Crippen molar-refractivity contribution in [1.82, 2.24) is 0 Å². The van der Waals surface area contributed by atoms with Crippen LogP contribution in [0.5, 0.6) is 0 Å². The van der Waals surface area contributed by atoms with Crippen LogP contribution in [0.3, 0.4) is 0 Å². The first-order valence-electron chi connectivity index (χ1n) is 9.58. The van der Waals surface area contributed by atoms with Gasteiger partial charge in [0.25, 0.3) is 15.7 Å². The van der Waals surface area contributed by atoms with E-state index in [4.69, 9.17) is 12.2 Å². The van der Waals surface area contributed by atoms with Gasteiger partial charge in [-0.3, -0.25) is 14.8 Å². The van der Waals surface area contributed by atoms with Gasteiger partial charge in [-0.2, -0.15) is 0 Å². The van der Waals surface area contributed by atoms with Crippen molar-refractivity contribution in [1.29, 1.82) is 0 Å². The molecule has 0 amide bonds. The van der Waals surface area contributed by atoms with Crippen LogP contribution in [0.2, 0.25) is 0 Å². The number of nitro groups is 1. The van der Waals surface area contributed by atoms with Gasteiger partial charge in [0, 0.05) is 23.5 Å². The summed E-state index contributed by atoms with van der Waals surface area (Å²) in [4.78, 5) is 10.5. The number of nitro benzene ring substituents is 1.